The molecule has 1 saturated heterocycles. The average molecular weight is 252 g/mol. The lowest BCUT2D eigenvalue weighted by molar-refractivity contribution is -0.134. The van der Waals surface area contributed by atoms with Crippen LogP contribution in [0.3, 0.4) is 0 Å². The highest BCUT2D eigenvalue weighted by Crippen LogP contribution is 2.17. The van der Waals surface area contributed by atoms with Gasteiger partial charge in [0, 0.05) is 31.7 Å². The molecule has 0 atom stereocenters. The number of carboxylic acid groups (broad SMARTS) is 2. The first-order valence-electron chi connectivity index (χ1n) is 5.58. The van der Waals surface area contributed by atoms with Crippen molar-refractivity contribution in [3.8, 4) is 0 Å². The van der Waals surface area contributed by atoms with Gasteiger partial charge in [0.15, 0.2) is 0 Å². The summed E-state index contributed by atoms with van der Waals surface area (Å²) in [5.41, 5.74) is 1.26. The Hall–Kier alpha value is -2.11. The minimum absolute atomic E-state index is 0.558. The van der Waals surface area contributed by atoms with Gasteiger partial charge in [-0.1, -0.05) is 6.58 Å². The fraction of sp³-hybridized carbons (Fsp3) is 0.417. The second kappa shape index (κ2) is 6.58. The third kappa shape index (κ3) is 4.82. The second-order valence-electron chi connectivity index (χ2n) is 4.02. The van der Waals surface area contributed by atoms with E-state index >= 15 is 0 Å². The fourth-order valence-corrected chi connectivity index (χ4v) is 1.73. The highest BCUT2D eigenvalue weighted by Gasteiger charge is 2.21. The highest BCUT2D eigenvalue weighted by molar-refractivity contribution is 5.89. The third-order valence-electron chi connectivity index (χ3n) is 2.46. The van der Waals surface area contributed by atoms with E-state index in [0.29, 0.717) is 12.2 Å². The van der Waals surface area contributed by atoms with Crippen LogP contribution in [0.5, 0.6) is 0 Å². The van der Waals surface area contributed by atoms with E-state index in [9.17, 15) is 9.59 Å². The van der Waals surface area contributed by atoms with E-state index in [1.54, 1.807) is 0 Å². The Morgan fingerprint density at radius 2 is 1.89 bits per heavy atom. The van der Waals surface area contributed by atoms with Crippen molar-refractivity contribution in [2.24, 2.45) is 4.99 Å². The lowest BCUT2D eigenvalue weighted by atomic mass is 10.2. The lowest BCUT2D eigenvalue weighted by Crippen LogP contribution is -2.31. The number of amidine groups is 1. The van der Waals surface area contributed by atoms with Crippen molar-refractivity contribution in [2.45, 2.75) is 12.8 Å². The Bertz CT molecular complexity index is 396. The number of aliphatic carboxylic acids is 2. The van der Waals surface area contributed by atoms with Crippen LogP contribution < -0.4 is 0 Å². The highest BCUT2D eigenvalue weighted by atomic mass is 16.4. The maximum atomic E-state index is 9.55. The SMILES string of the molecule is C=C1CN=C2CCCN2C1.O=C(O)/C=C/C(=O)O. The van der Waals surface area contributed by atoms with Crippen LogP contribution in [0.15, 0.2) is 29.3 Å². The van der Waals surface area contributed by atoms with E-state index in [1.165, 1.54) is 30.8 Å². The third-order valence-corrected chi connectivity index (χ3v) is 2.46. The molecule has 0 spiro atoms. The van der Waals surface area contributed by atoms with E-state index in [1.807, 2.05) is 0 Å². The molecule has 0 aliphatic carbocycles. The minimum Gasteiger partial charge on any atom is -0.478 e. The second-order valence-corrected chi connectivity index (χ2v) is 4.02. The summed E-state index contributed by atoms with van der Waals surface area (Å²) in [6.07, 6.45) is 3.59. The van der Waals surface area contributed by atoms with Gasteiger partial charge in [0.05, 0.1) is 12.4 Å². The maximum Gasteiger partial charge on any atom is 0.328 e. The predicted molar refractivity (Wildman–Crippen MR) is 66.7 cm³/mol. The van der Waals surface area contributed by atoms with Crippen molar-refractivity contribution >= 4 is 17.8 Å². The van der Waals surface area contributed by atoms with Crippen molar-refractivity contribution < 1.29 is 19.8 Å². The molecule has 98 valence electrons. The van der Waals surface area contributed by atoms with Crippen LogP contribution in [-0.4, -0.2) is 52.5 Å². The van der Waals surface area contributed by atoms with E-state index in [4.69, 9.17) is 10.2 Å². The summed E-state index contributed by atoms with van der Waals surface area (Å²) in [4.78, 5) is 25.9. The lowest BCUT2D eigenvalue weighted by Gasteiger charge is -2.23. The van der Waals surface area contributed by atoms with E-state index < -0.39 is 11.9 Å². The van der Waals surface area contributed by atoms with E-state index in [2.05, 4.69) is 16.5 Å². The van der Waals surface area contributed by atoms with Crippen molar-refractivity contribution in [3.63, 3.8) is 0 Å². The topological polar surface area (TPSA) is 90.2 Å². The zero-order chi connectivity index (χ0) is 13.5. The number of hydrogen-bond donors (Lipinski definition) is 2. The van der Waals surface area contributed by atoms with Gasteiger partial charge >= 0.3 is 11.9 Å². The number of hydrogen-bond acceptors (Lipinski definition) is 4. The summed E-state index contributed by atoms with van der Waals surface area (Å²) in [5, 5.41) is 15.6. The Kier molecular flexibility index (Phi) is 5.10. The summed E-state index contributed by atoms with van der Waals surface area (Å²) in [6, 6.07) is 0. The summed E-state index contributed by atoms with van der Waals surface area (Å²) in [5.74, 6) is -1.20. The van der Waals surface area contributed by atoms with Crippen LogP contribution in [0.25, 0.3) is 0 Å². The minimum atomic E-state index is -1.26. The molecule has 0 aromatic rings. The molecule has 6 nitrogen and oxygen atoms in total. The smallest absolute Gasteiger partial charge is 0.328 e. The maximum absolute atomic E-state index is 9.55. The Morgan fingerprint density at radius 1 is 1.28 bits per heavy atom. The fourth-order valence-electron chi connectivity index (χ4n) is 1.73. The normalized spacial score (nSPS) is 17.9. The molecule has 2 heterocycles. The molecule has 0 amide bonds. The number of carboxylic acids is 2. The largest absolute Gasteiger partial charge is 0.478 e. The standard InChI is InChI=1S/C8H12N2.C4H4O4/c1-7-5-9-8-3-2-4-10(8)6-7;5-3(6)1-2-4(7)8/h1-6H2;1-2H,(H,5,6)(H,7,8)/b;2-1+. The molecule has 1 fully saturated rings. The van der Waals surface area contributed by atoms with Crippen molar-refractivity contribution in [2.75, 3.05) is 19.6 Å². The van der Waals surface area contributed by atoms with Gasteiger partial charge in [-0.25, -0.2) is 9.59 Å². The van der Waals surface area contributed by atoms with Gasteiger partial charge in [-0.15, -0.1) is 0 Å². The first-order valence-corrected chi connectivity index (χ1v) is 5.58. The van der Waals surface area contributed by atoms with Gasteiger partial charge in [0.1, 0.15) is 0 Å². The van der Waals surface area contributed by atoms with Crippen LogP contribution in [0.2, 0.25) is 0 Å². The van der Waals surface area contributed by atoms with Crippen molar-refractivity contribution in [1.82, 2.24) is 4.90 Å². The molecule has 6 heteroatoms. The summed E-state index contributed by atoms with van der Waals surface area (Å²) >= 11 is 0. The first-order chi connectivity index (χ1) is 8.49. The van der Waals surface area contributed by atoms with Crippen molar-refractivity contribution in [3.05, 3.63) is 24.3 Å². The molecule has 2 aliphatic rings. The van der Waals surface area contributed by atoms with E-state index in [0.717, 1.165) is 13.1 Å². The monoisotopic (exact) mass is 252 g/mol. The quantitative estimate of drug-likeness (QED) is 0.559. The molecule has 0 aromatic carbocycles. The molecule has 2 rings (SSSR count). The van der Waals surface area contributed by atoms with Crippen molar-refractivity contribution in [1.29, 1.82) is 0 Å². The molecule has 0 aromatic heterocycles. The van der Waals surface area contributed by atoms with Crippen LogP contribution >= 0.6 is 0 Å². The molecule has 0 saturated carbocycles. The van der Waals surface area contributed by atoms with E-state index in [-0.39, 0.29) is 0 Å². The zero-order valence-corrected chi connectivity index (χ0v) is 10.0. The molecular weight excluding hydrogens is 236 g/mol. The van der Waals surface area contributed by atoms with Gasteiger partial charge in [-0.2, -0.15) is 0 Å². The Morgan fingerprint density at radius 3 is 2.44 bits per heavy atom. The Balaban J connectivity index is 0.000000187. The molecule has 0 radical (unpaired) electrons. The van der Waals surface area contributed by atoms with Gasteiger partial charge in [-0.3, -0.25) is 4.99 Å². The number of aliphatic imine (C=N–C) groups is 1. The van der Waals surface area contributed by atoms with Crippen LogP contribution in [-0.2, 0) is 9.59 Å². The molecule has 0 bridgehead atoms. The zero-order valence-electron chi connectivity index (χ0n) is 10.0. The number of fused-ring (bicyclic) bond motifs is 1. The number of carbonyl (C=O) groups is 2. The number of rotatable bonds is 2. The summed E-state index contributed by atoms with van der Waals surface area (Å²) in [7, 11) is 0. The van der Waals surface area contributed by atoms with Crippen LogP contribution in [0.1, 0.15) is 12.8 Å². The summed E-state index contributed by atoms with van der Waals surface area (Å²) < 4.78 is 0. The predicted octanol–water partition coefficient (Wildman–Crippen LogP) is 0.762. The molecule has 0 unspecified atom stereocenters. The van der Waals surface area contributed by atoms with Gasteiger partial charge < -0.3 is 15.1 Å². The van der Waals surface area contributed by atoms with Gasteiger partial charge in [0.2, 0.25) is 0 Å². The van der Waals surface area contributed by atoms with Gasteiger partial charge in [0.25, 0.3) is 0 Å². The molecule has 2 N–H and O–H groups in total. The van der Waals surface area contributed by atoms with Gasteiger partial charge in [-0.05, 0) is 12.0 Å². The first kappa shape index (κ1) is 14.0. The average Bonchev–Trinajstić information content (AvgIpc) is 2.74. The summed E-state index contributed by atoms with van der Waals surface area (Å²) in [6.45, 7) is 7.04. The van der Waals surface area contributed by atoms with Crippen LogP contribution in [0, 0.1) is 0 Å². The number of nitrogens with zero attached hydrogens (tertiary/aromatic N) is 2. The molecule has 2 aliphatic heterocycles. The molecule has 18 heavy (non-hydrogen) atoms. The Labute approximate surface area is 105 Å². The van der Waals surface area contributed by atoms with Crippen LogP contribution in [0.4, 0.5) is 0 Å². The molecular formula is C12H16N2O4.